The lowest BCUT2D eigenvalue weighted by Crippen LogP contribution is -1.81. The van der Waals surface area contributed by atoms with E-state index in [4.69, 9.17) is 11.0 Å². The average molecular weight is 299 g/mol. The van der Waals surface area contributed by atoms with E-state index in [1.54, 1.807) is 11.3 Å². The summed E-state index contributed by atoms with van der Waals surface area (Å²) < 4.78 is 1.13. The Kier molecular flexibility index (Phi) is 2.83. The molecule has 5 heteroatoms. The molecular formula is C10H7BrN2S2. The van der Waals surface area contributed by atoms with Crippen molar-refractivity contribution in [1.29, 1.82) is 5.26 Å². The minimum atomic E-state index is 0.569. The number of aryl methyl sites for hydroxylation is 1. The number of rotatable bonds is 1. The first-order chi connectivity index (χ1) is 7.11. The van der Waals surface area contributed by atoms with Gasteiger partial charge in [-0.15, -0.1) is 22.7 Å². The highest BCUT2D eigenvalue weighted by molar-refractivity contribution is 9.11. The summed E-state index contributed by atoms with van der Waals surface area (Å²) in [7, 11) is 0. The second-order valence-electron chi connectivity index (χ2n) is 3.07. The molecule has 0 radical (unpaired) electrons. The molecule has 0 aliphatic heterocycles. The van der Waals surface area contributed by atoms with Crippen LogP contribution >= 0.6 is 38.6 Å². The van der Waals surface area contributed by atoms with Crippen molar-refractivity contribution in [1.82, 2.24) is 0 Å². The highest BCUT2D eigenvalue weighted by Crippen LogP contribution is 2.39. The molecule has 2 aromatic heterocycles. The predicted octanol–water partition coefficient (Wildman–Crippen LogP) is 4.00. The van der Waals surface area contributed by atoms with Crippen molar-refractivity contribution in [2.24, 2.45) is 0 Å². The van der Waals surface area contributed by atoms with Gasteiger partial charge in [0.1, 0.15) is 10.9 Å². The van der Waals surface area contributed by atoms with Crippen LogP contribution in [0, 0.1) is 18.3 Å². The lowest BCUT2D eigenvalue weighted by Gasteiger charge is -1.86. The monoisotopic (exact) mass is 298 g/mol. The molecule has 2 rings (SSSR count). The molecule has 0 aliphatic rings. The molecule has 0 atom stereocenters. The summed E-state index contributed by atoms with van der Waals surface area (Å²) in [5.41, 5.74) is 7.49. The van der Waals surface area contributed by atoms with Crippen LogP contribution in [-0.4, -0.2) is 0 Å². The molecule has 76 valence electrons. The summed E-state index contributed by atoms with van der Waals surface area (Å²) in [5.74, 6) is 0. The van der Waals surface area contributed by atoms with E-state index in [-0.39, 0.29) is 0 Å². The van der Waals surface area contributed by atoms with E-state index in [2.05, 4.69) is 28.1 Å². The minimum Gasteiger partial charge on any atom is -0.397 e. The van der Waals surface area contributed by atoms with E-state index in [1.807, 2.05) is 13.0 Å². The Morgan fingerprint density at radius 1 is 1.33 bits per heavy atom. The van der Waals surface area contributed by atoms with Crippen molar-refractivity contribution in [2.45, 2.75) is 6.92 Å². The van der Waals surface area contributed by atoms with Gasteiger partial charge < -0.3 is 5.73 Å². The molecule has 2 N–H and O–H groups in total. The number of nitrogen functional groups attached to an aromatic ring is 1. The zero-order chi connectivity index (χ0) is 11.0. The molecule has 15 heavy (non-hydrogen) atoms. The minimum absolute atomic E-state index is 0.569. The molecular weight excluding hydrogens is 292 g/mol. The molecule has 0 saturated carbocycles. The van der Waals surface area contributed by atoms with Crippen LogP contribution in [0.2, 0.25) is 0 Å². The molecule has 0 amide bonds. The highest BCUT2D eigenvalue weighted by Gasteiger charge is 2.10. The molecule has 0 spiro atoms. The average Bonchev–Trinajstić information content (AvgIpc) is 2.71. The van der Waals surface area contributed by atoms with Crippen LogP contribution in [0.1, 0.15) is 10.4 Å². The fourth-order valence-electron chi connectivity index (χ4n) is 1.20. The Morgan fingerprint density at radius 3 is 2.47 bits per heavy atom. The second-order valence-corrected chi connectivity index (χ2v) is 6.50. The highest BCUT2D eigenvalue weighted by atomic mass is 79.9. The smallest absolute Gasteiger partial charge is 0.128 e. The van der Waals surface area contributed by atoms with Crippen LogP contribution in [0.25, 0.3) is 9.75 Å². The summed E-state index contributed by atoms with van der Waals surface area (Å²) >= 11 is 6.58. The molecule has 0 unspecified atom stereocenters. The van der Waals surface area contributed by atoms with Gasteiger partial charge in [-0.25, -0.2) is 0 Å². The number of nitrogens with two attached hydrogens (primary N) is 1. The first kappa shape index (κ1) is 10.7. The van der Waals surface area contributed by atoms with Gasteiger partial charge in [0.25, 0.3) is 0 Å². The van der Waals surface area contributed by atoms with E-state index >= 15 is 0 Å². The SMILES string of the molecule is Cc1cc(-c2cc(N)c(C#N)s2)sc1Br. The van der Waals surface area contributed by atoms with E-state index in [0.717, 1.165) is 13.5 Å². The summed E-state index contributed by atoms with van der Waals surface area (Å²) in [4.78, 5) is 2.80. The van der Waals surface area contributed by atoms with E-state index in [9.17, 15) is 0 Å². The third kappa shape index (κ3) is 1.93. The van der Waals surface area contributed by atoms with E-state index in [1.165, 1.54) is 16.9 Å². The van der Waals surface area contributed by atoms with Gasteiger partial charge in [0, 0.05) is 9.75 Å². The van der Waals surface area contributed by atoms with Crippen LogP contribution in [0.4, 0.5) is 5.69 Å². The summed E-state index contributed by atoms with van der Waals surface area (Å²) in [6, 6.07) is 6.05. The topological polar surface area (TPSA) is 49.8 Å². The van der Waals surface area contributed by atoms with E-state index in [0.29, 0.717) is 10.6 Å². The maximum absolute atomic E-state index is 8.81. The van der Waals surface area contributed by atoms with Crippen LogP contribution < -0.4 is 5.73 Å². The first-order valence-electron chi connectivity index (χ1n) is 4.17. The Morgan fingerprint density at radius 2 is 2.00 bits per heavy atom. The number of nitriles is 1. The summed E-state index contributed by atoms with van der Waals surface area (Å²) in [5, 5.41) is 8.81. The fourth-order valence-corrected chi connectivity index (χ4v) is 3.68. The van der Waals surface area contributed by atoms with Gasteiger partial charge in [-0.05, 0) is 40.5 Å². The molecule has 2 heterocycles. The van der Waals surface area contributed by atoms with Crippen molar-refractivity contribution >= 4 is 44.3 Å². The van der Waals surface area contributed by atoms with Crippen LogP contribution in [0.5, 0.6) is 0 Å². The molecule has 0 bridgehead atoms. The van der Waals surface area contributed by atoms with Crippen molar-refractivity contribution < 1.29 is 0 Å². The number of thiophene rings is 2. The predicted molar refractivity (Wildman–Crippen MR) is 69.2 cm³/mol. The maximum atomic E-state index is 8.81. The summed E-state index contributed by atoms with van der Waals surface area (Å²) in [6.07, 6.45) is 0. The number of anilines is 1. The molecule has 2 nitrogen and oxygen atoms in total. The van der Waals surface area contributed by atoms with Crippen molar-refractivity contribution in [3.8, 4) is 15.8 Å². The molecule has 0 aliphatic carbocycles. The zero-order valence-electron chi connectivity index (χ0n) is 7.87. The zero-order valence-corrected chi connectivity index (χ0v) is 11.1. The van der Waals surface area contributed by atoms with Crippen molar-refractivity contribution in [3.63, 3.8) is 0 Å². The third-order valence-corrected chi connectivity index (χ3v) is 5.35. The van der Waals surface area contributed by atoms with Gasteiger partial charge in [0.2, 0.25) is 0 Å². The largest absolute Gasteiger partial charge is 0.397 e. The third-order valence-electron chi connectivity index (χ3n) is 1.96. The number of hydrogen-bond donors (Lipinski definition) is 1. The first-order valence-corrected chi connectivity index (χ1v) is 6.60. The van der Waals surface area contributed by atoms with Crippen LogP contribution in [0.15, 0.2) is 15.9 Å². The van der Waals surface area contributed by atoms with Crippen LogP contribution in [0.3, 0.4) is 0 Å². The van der Waals surface area contributed by atoms with Gasteiger partial charge in [-0.2, -0.15) is 5.26 Å². The van der Waals surface area contributed by atoms with E-state index < -0.39 is 0 Å². The fraction of sp³-hybridized carbons (Fsp3) is 0.100. The Hall–Kier alpha value is -0.830. The Bertz CT molecular complexity index is 529. The standard InChI is InChI=1S/C10H7BrN2S2/c1-5-2-7(15-10(5)11)8-3-6(13)9(4-12)14-8/h2-3H,13H2,1H3. The molecule has 2 aromatic rings. The number of nitrogens with zero attached hydrogens (tertiary/aromatic N) is 1. The number of hydrogen-bond acceptors (Lipinski definition) is 4. The molecule has 0 aromatic carbocycles. The van der Waals surface area contributed by atoms with Gasteiger partial charge in [0.15, 0.2) is 0 Å². The van der Waals surface area contributed by atoms with Gasteiger partial charge >= 0.3 is 0 Å². The Labute approximate surface area is 104 Å². The second kappa shape index (κ2) is 3.97. The van der Waals surface area contributed by atoms with Crippen molar-refractivity contribution in [2.75, 3.05) is 5.73 Å². The van der Waals surface area contributed by atoms with Gasteiger partial charge in [-0.3, -0.25) is 0 Å². The quantitative estimate of drug-likeness (QED) is 0.865. The summed E-state index contributed by atoms with van der Waals surface area (Å²) in [6.45, 7) is 2.05. The van der Waals surface area contributed by atoms with Gasteiger partial charge in [-0.1, -0.05) is 0 Å². The lowest BCUT2D eigenvalue weighted by molar-refractivity contribution is 1.52. The lowest BCUT2D eigenvalue weighted by atomic mass is 10.3. The van der Waals surface area contributed by atoms with Gasteiger partial charge in [0.05, 0.1) is 9.47 Å². The molecule has 0 fully saturated rings. The number of halogens is 1. The normalized spacial score (nSPS) is 10.2. The Balaban J connectivity index is 2.50. The molecule has 0 saturated heterocycles. The van der Waals surface area contributed by atoms with Crippen LogP contribution in [-0.2, 0) is 0 Å². The maximum Gasteiger partial charge on any atom is 0.128 e. The van der Waals surface area contributed by atoms with Crippen molar-refractivity contribution in [3.05, 3.63) is 26.4 Å².